The van der Waals surface area contributed by atoms with Crippen molar-refractivity contribution in [3.8, 4) is 11.4 Å². The Morgan fingerprint density at radius 1 is 0.500 bits per heavy atom. The van der Waals surface area contributed by atoms with Gasteiger partial charge in [-0.25, -0.2) is 9.50 Å². The van der Waals surface area contributed by atoms with Crippen molar-refractivity contribution in [2.24, 2.45) is 0 Å². The van der Waals surface area contributed by atoms with Gasteiger partial charge in [-0.05, 0) is 45.0 Å². The lowest BCUT2D eigenvalue weighted by Gasteiger charge is -2.34. The van der Waals surface area contributed by atoms with Crippen LogP contribution in [0.4, 0.5) is 0 Å². The van der Waals surface area contributed by atoms with E-state index < -0.39 is 8.07 Å². The second-order valence-corrected chi connectivity index (χ2v) is 14.3. The Labute approximate surface area is 244 Å². The number of imidazole rings is 2. The smallest absolute Gasteiger partial charge is 0.179 e. The van der Waals surface area contributed by atoms with Crippen LogP contribution in [0.5, 0.6) is 0 Å². The van der Waals surface area contributed by atoms with Crippen molar-refractivity contribution < 1.29 is 0 Å². The molecule has 0 unspecified atom stereocenters. The van der Waals surface area contributed by atoms with Gasteiger partial charge in [0.15, 0.2) is 8.07 Å². The summed E-state index contributed by atoms with van der Waals surface area (Å²) in [6, 6.07) is 50.5. The van der Waals surface area contributed by atoms with Crippen LogP contribution in [0.1, 0.15) is 0 Å². The Morgan fingerprint density at radius 3 is 1.71 bits per heavy atom. The van der Waals surface area contributed by atoms with Gasteiger partial charge < -0.3 is 0 Å². The molecule has 200 valence electrons. The molecule has 0 saturated heterocycles. The molecule has 0 N–H and O–H groups in total. The van der Waals surface area contributed by atoms with Gasteiger partial charge in [0, 0.05) is 24.1 Å². The van der Waals surface area contributed by atoms with Gasteiger partial charge in [0.1, 0.15) is 12.0 Å². The van der Waals surface area contributed by atoms with E-state index in [1.165, 1.54) is 20.7 Å². The third kappa shape index (κ3) is 3.69. The molecule has 42 heavy (non-hydrogen) atoms. The van der Waals surface area contributed by atoms with E-state index in [2.05, 4.69) is 154 Å². The van der Waals surface area contributed by atoms with Crippen molar-refractivity contribution in [2.75, 3.05) is 0 Å². The maximum atomic E-state index is 4.78. The zero-order chi connectivity index (χ0) is 27.9. The molecule has 0 saturated carbocycles. The monoisotopic (exact) mass is 557 g/mol. The molecule has 6 heteroatoms. The average Bonchev–Trinajstić information content (AvgIpc) is 3.80. The Morgan fingerprint density at radius 2 is 1.10 bits per heavy atom. The van der Waals surface area contributed by atoms with Gasteiger partial charge in [0.05, 0.1) is 22.9 Å². The molecule has 8 rings (SSSR count). The summed E-state index contributed by atoms with van der Waals surface area (Å²) in [6.07, 6.45) is 7.78. The lowest BCUT2D eigenvalue weighted by atomic mass is 10.2. The SMILES string of the molecule is c1ccc([Si](c2ccccc2)(c2ccccc2)c2ccc(-n3cnc4cccc(-n5ccn6nccc56)c43)cc2)cc1. The molecule has 0 aliphatic rings. The van der Waals surface area contributed by atoms with E-state index in [1.807, 2.05) is 29.3 Å². The van der Waals surface area contributed by atoms with Gasteiger partial charge in [-0.15, -0.1) is 0 Å². The molecule has 0 bridgehead atoms. The first kappa shape index (κ1) is 24.3. The maximum absolute atomic E-state index is 4.78. The molecule has 0 amide bonds. The van der Waals surface area contributed by atoms with Crippen LogP contribution in [0, 0.1) is 0 Å². The van der Waals surface area contributed by atoms with Gasteiger partial charge in [-0.3, -0.25) is 9.13 Å². The van der Waals surface area contributed by atoms with E-state index in [-0.39, 0.29) is 0 Å². The van der Waals surface area contributed by atoms with E-state index in [4.69, 9.17) is 4.98 Å². The fraction of sp³-hybridized carbons (Fsp3) is 0. The number of aromatic nitrogens is 5. The second-order valence-electron chi connectivity index (χ2n) is 10.5. The van der Waals surface area contributed by atoms with Crippen molar-refractivity contribution in [1.82, 2.24) is 23.7 Å². The lowest BCUT2D eigenvalue weighted by Crippen LogP contribution is -2.74. The van der Waals surface area contributed by atoms with Crippen LogP contribution in [0.25, 0.3) is 28.1 Å². The minimum atomic E-state index is -2.58. The number of rotatable bonds is 6. The van der Waals surface area contributed by atoms with E-state index in [1.54, 1.807) is 0 Å². The molecule has 0 aliphatic carbocycles. The van der Waals surface area contributed by atoms with Gasteiger partial charge >= 0.3 is 0 Å². The molecule has 5 aromatic carbocycles. The van der Waals surface area contributed by atoms with Crippen LogP contribution in [0.15, 0.2) is 164 Å². The summed E-state index contributed by atoms with van der Waals surface area (Å²) in [5.74, 6) is 0. The highest BCUT2D eigenvalue weighted by molar-refractivity contribution is 7.19. The van der Waals surface area contributed by atoms with E-state index >= 15 is 0 Å². The highest BCUT2D eigenvalue weighted by Gasteiger charge is 2.41. The summed E-state index contributed by atoms with van der Waals surface area (Å²) in [4.78, 5) is 4.78. The topological polar surface area (TPSA) is 40.0 Å². The highest BCUT2D eigenvalue weighted by atomic mass is 28.3. The predicted octanol–water partition coefficient (Wildman–Crippen LogP) is 4.84. The minimum Gasteiger partial charge on any atom is -0.298 e. The Balaban J connectivity index is 1.33. The van der Waals surface area contributed by atoms with Crippen LogP contribution < -0.4 is 20.7 Å². The lowest BCUT2D eigenvalue weighted by molar-refractivity contribution is 0.965. The number of nitrogens with zero attached hydrogens (tertiary/aromatic N) is 5. The number of benzene rings is 5. The zero-order valence-electron chi connectivity index (χ0n) is 22.8. The number of hydrogen-bond acceptors (Lipinski definition) is 2. The van der Waals surface area contributed by atoms with Crippen LogP contribution in [0.2, 0.25) is 0 Å². The third-order valence-electron chi connectivity index (χ3n) is 8.26. The van der Waals surface area contributed by atoms with Crippen LogP contribution in [0.3, 0.4) is 0 Å². The quantitative estimate of drug-likeness (QED) is 0.217. The predicted molar refractivity (Wildman–Crippen MR) is 173 cm³/mol. The summed E-state index contributed by atoms with van der Waals surface area (Å²) in [5, 5.41) is 9.83. The Kier molecular flexibility index (Phi) is 5.72. The fourth-order valence-corrected chi connectivity index (χ4v) is 11.1. The molecular formula is C36H27N5Si. The van der Waals surface area contributed by atoms with Crippen LogP contribution in [-0.2, 0) is 0 Å². The number of fused-ring (bicyclic) bond motifs is 2. The molecule has 3 heterocycles. The third-order valence-corrected chi connectivity index (χ3v) is 13.1. The van der Waals surface area contributed by atoms with Gasteiger partial charge in [-0.1, -0.05) is 109 Å². The summed E-state index contributed by atoms with van der Waals surface area (Å²) in [5.41, 5.74) is 5.15. The first-order valence-electron chi connectivity index (χ1n) is 14.1. The molecule has 0 spiro atoms. The number of para-hydroxylation sites is 1. The standard InChI is InChI=1S/C36H27N5Si/c1-4-11-29(12-5-1)42(30-13-6-2-7-14-30,31-15-8-3-9-16-31)32-21-19-28(20-22-32)40-27-37-33-17-10-18-34(36(33)40)39-25-26-41-35(39)23-24-38-41/h1-27H. The first-order valence-corrected chi connectivity index (χ1v) is 16.1. The maximum Gasteiger partial charge on any atom is 0.179 e. The summed E-state index contributed by atoms with van der Waals surface area (Å²) >= 11 is 0. The second kappa shape index (κ2) is 9.87. The Bertz CT molecular complexity index is 2030. The molecule has 0 fully saturated rings. The fourth-order valence-electron chi connectivity index (χ4n) is 6.40. The number of hydrogen-bond donors (Lipinski definition) is 0. The average molecular weight is 558 g/mol. The minimum absolute atomic E-state index is 0.949. The molecular weight excluding hydrogens is 531 g/mol. The molecule has 0 atom stereocenters. The molecule has 8 aromatic rings. The van der Waals surface area contributed by atoms with E-state index in [0.29, 0.717) is 0 Å². The molecule has 0 aliphatic heterocycles. The van der Waals surface area contributed by atoms with Crippen molar-refractivity contribution in [3.63, 3.8) is 0 Å². The van der Waals surface area contributed by atoms with Crippen molar-refractivity contribution in [1.29, 1.82) is 0 Å². The molecule has 5 nitrogen and oxygen atoms in total. The summed E-state index contributed by atoms with van der Waals surface area (Å²) in [6.45, 7) is 0. The molecule has 3 aromatic heterocycles. The van der Waals surface area contributed by atoms with Crippen molar-refractivity contribution >= 4 is 45.5 Å². The largest absolute Gasteiger partial charge is 0.298 e. The highest BCUT2D eigenvalue weighted by Crippen LogP contribution is 2.26. The Hall–Kier alpha value is -5.46. The van der Waals surface area contributed by atoms with Crippen LogP contribution >= 0.6 is 0 Å². The normalized spacial score (nSPS) is 11.8. The molecule has 0 radical (unpaired) electrons. The van der Waals surface area contributed by atoms with Crippen LogP contribution in [-0.4, -0.2) is 31.8 Å². The summed E-state index contributed by atoms with van der Waals surface area (Å²) in [7, 11) is -2.58. The van der Waals surface area contributed by atoms with E-state index in [0.717, 1.165) is 28.1 Å². The summed E-state index contributed by atoms with van der Waals surface area (Å²) < 4.78 is 6.24. The zero-order valence-corrected chi connectivity index (χ0v) is 23.8. The van der Waals surface area contributed by atoms with E-state index in [9.17, 15) is 0 Å². The first-order chi connectivity index (χ1) is 20.8. The van der Waals surface area contributed by atoms with Gasteiger partial charge in [0.2, 0.25) is 0 Å². The van der Waals surface area contributed by atoms with Gasteiger partial charge in [-0.2, -0.15) is 5.10 Å². The van der Waals surface area contributed by atoms with Crippen molar-refractivity contribution in [2.45, 2.75) is 0 Å². The van der Waals surface area contributed by atoms with Crippen molar-refractivity contribution in [3.05, 3.63) is 164 Å². The van der Waals surface area contributed by atoms with Gasteiger partial charge in [0.25, 0.3) is 0 Å².